The van der Waals surface area contributed by atoms with Crippen molar-refractivity contribution in [3.8, 4) is 5.75 Å². The summed E-state index contributed by atoms with van der Waals surface area (Å²) in [6.45, 7) is 5.96. The van der Waals surface area contributed by atoms with Gasteiger partial charge >= 0.3 is 0 Å². The fraction of sp³-hybridized carbons (Fsp3) is 0.333. The molecule has 0 spiro atoms. The molecule has 2 amide bonds. The maximum atomic E-state index is 13.3. The SMILES string of the molecule is COc1ccc(NC2=C(c3ccc(C)cc3)C(=O)N(CCN3CCOCC3)C2=O)cc1. The van der Waals surface area contributed by atoms with Gasteiger partial charge in [0.05, 0.1) is 25.9 Å². The molecule has 0 saturated carbocycles. The van der Waals surface area contributed by atoms with Crippen molar-refractivity contribution in [2.45, 2.75) is 6.92 Å². The smallest absolute Gasteiger partial charge is 0.278 e. The number of hydrogen-bond donors (Lipinski definition) is 1. The summed E-state index contributed by atoms with van der Waals surface area (Å²) in [5, 5.41) is 3.18. The molecule has 1 fully saturated rings. The van der Waals surface area contributed by atoms with Gasteiger partial charge in [0.2, 0.25) is 0 Å². The molecular formula is C24H27N3O4. The monoisotopic (exact) mass is 421 g/mol. The summed E-state index contributed by atoms with van der Waals surface area (Å²) in [5.41, 5.74) is 3.25. The Labute approximate surface area is 182 Å². The lowest BCUT2D eigenvalue weighted by Crippen LogP contribution is -2.43. The largest absolute Gasteiger partial charge is 0.497 e. The summed E-state index contributed by atoms with van der Waals surface area (Å²) >= 11 is 0. The second-order valence-electron chi connectivity index (χ2n) is 7.69. The van der Waals surface area contributed by atoms with Crippen molar-refractivity contribution in [2.75, 3.05) is 51.8 Å². The van der Waals surface area contributed by atoms with Gasteiger partial charge in [-0.3, -0.25) is 19.4 Å². The van der Waals surface area contributed by atoms with E-state index in [9.17, 15) is 9.59 Å². The van der Waals surface area contributed by atoms with Crippen LogP contribution in [0.2, 0.25) is 0 Å². The highest BCUT2D eigenvalue weighted by Gasteiger charge is 2.39. The van der Waals surface area contributed by atoms with E-state index in [-0.39, 0.29) is 11.8 Å². The molecule has 2 aromatic rings. The number of ether oxygens (including phenoxy) is 2. The molecular weight excluding hydrogens is 394 g/mol. The first-order valence-electron chi connectivity index (χ1n) is 10.5. The number of morpholine rings is 1. The first-order valence-corrected chi connectivity index (χ1v) is 10.5. The lowest BCUT2D eigenvalue weighted by molar-refractivity contribution is -0.137. The van der Waals surface area contributed by atoms with E-state index in [1.165, 1.54) is 4.90 Å². The number of carbonyl (C=O) groups is 2. The van der Waals surface area contributed by atoms with Gasteiger partial charge in [-0.25, -0.2) is 0 Å². The maximum Gasteiger partial charge on any atom is 0.278 e. The fourth-order valence-corrected chi connectivity index (χ4v) is 3.77. The van der Waals surface area contributed by atoms with E-state index in [1.807, 2.05) is 55.5 Å². The lowest BCUT2D eigenvalue weighted by Gasteiger charge is -2.28. The number of imide groups is 1. The highest BCUT2D eigenvalue weighted by Crippen LogP contribution is 2.31. The number of methoxy groups -OCH3 is 1. The normalized spacial score (nSPS) is 17.4. The molecule has 0 aromatic heterocycles. The highest BCUT2D eigenvalue weighted by molar-refractivity contribution is 6.36. The minimum atomic E-state index is -0.301. The van der Waals surface area contributed by atoms with Crippen molar-refractivity contribution in [1.29, 1.82) is 0 Å². The predicted molar refractivity (Wildman–Crippen MR) is 119 cm³/mol. The van der Waals surface area contributed by atoms with Crippen LogP contribution < -0.4 is 10.1 Å². The number of rotatable bonds is 7. The van der Waals surface area contributed by atoms with E-state index in [1.54, 1.807) is 7.11 Å². The number of carbonyl (C=O) groups excluding carboxylic acids is 2. The van der Waals surface area contributed by atoms with Gasteiger partial charge in [0, 0.05) is 31.9 Å². The molecule has 31 heavy (non-hydrogen) atoms. The number of nitrogens with one attached hydrogen (secondary N) is 1. The molecule has 0 aliphatic carbocycles. The summed E-state index contributed by atoms with van der Waals surface area (Å²) in [7, 11) is 1.60. The van der Waals surface area contributed by atoms with Gasteiger partial charge in [-0.05, 0) is 36.8 Å². The average molecular weight is 421 g/mol. The zero-order valence-corrected chi connectivity index (χ0v) is 17.9. The minimum absolute atomic E-state index is 0.266. The van der Waals surface area contributed by atoms with Crippen LogP contribution in [-0.4, -0.2) is 68.1 Å². The summed E-state index contributed by atoms with van der Waals surface area (Å²) in [6.07, 6.45) is 0. The van der Waals surface area contributed by atoms with Gasteiger partial charge in [-0.1, -0.05) is 29.8 Å². The topological polar surface area (TPSA) is 71.1 Å². The molecule has 2 heterocycles. The third-order valence-electron chi connectivity index (χ3n) is 5.61. The van der Waals surface area contributed by atoms with Gasteiger partial charge in [0.25, 0.3) is 11.8 Å². The second kappa shape index (κ2) is 9.32. The van der Waals surface area contributed by atoms with Crippen LogP contribution in [0.3, 0.4) is 0 Å². The Morgan fingerprint density at radius 3 is 2.26 bits per heavy atom. The van der Waals surface area contributed by atoms with Gasteiger partial charge < -0.3 is 14.8 Å². The summed E-state index contributed by atoms with van der Waals surface area (Å²) in [4.78, 5) is 30.2. The Hall–Kier alpha value is -3.16. The third-order valence-corrected chi connectivity index (χ3v) is 5.61. The Kier molecular flexibility index (Phi) is 6.34. The predicted octanol–water partition coefficient (Wildman–Crippen LogP) is 2.53. The van der Waals surface area contributed by atoms with Gasteiger partial charge in [0.1, 0.15) is 11.4 Å². The Bertz CT molecular complexity index is 977. The summed E-state index contributed by atoms with van der Waals surface area (Å²) < 4.78 is 10.6. The Balaban J connectivity index is 1.60. The Morgan fingerprint density at radius 2 is 1.61 bits per heavy atom. The molecule has 2 aliphatic rings. The van der Waals surface area contributed by atoms with Crippen molar-refractivity contribution in [3.63, 3.8) is 0 Å². The molecule has 162 valence electrons. The molecule has 1 N–H and O–H groups in total. The molecule has 1 saturated heterocycles. The van der Waals surface area contributed by atoms with E-state index in [0.29, 0.717) is 37.6 Å². The van der Waals surface area contributed by atoms with Gasteiger partial charge in [0.15, 0.2) is 0 Å². The first-order chi connectivity index (χ1) is 15.1. The van der Waals surface area contributed by atoms with Crippen molar-refractivity contribution in [2.24, 2.45) is 0 Å². The average Bonchev–Trinajstić information content (AvgIpc) is 3.03. The lowest BCUT2D eigenvalue weighted by atomic mass is 10.0. The molecule has 7 nitrogen and oxygen atoms in total. The zero-order chi connectivity index (χ0) is 21.8. The molecule has 0 atom stereocenters. The van der Waals surface area contributed by atoms with Gasteiger partial charge in [-0.15, -0.1) is 0 Å². The quantitative estimate of drug-likeness (QED) is 0.693. The fourth-order valence-electron chi connectivity index (χ4n) is 3.77. The van der Waals surface area contributed by atoms with Crippen LogP contribution in [0.25, 0.3) is 5.57 Å². The minimum Gasteiger partial charge on any atom is -0.497 e. The number of aryl methyl sites for hydroxylation is 1. The first kappa shape index (κ1) is 21.1. The Morgan fingerprint density at radius 1 is 0.935 bits per heavy atom. The third kappa shape index (κ3) is 4.62. The number of benzene rings is 2. The van der Waals surface area contributed by atoms with Gasteiger partial charge in [-0.2, -0.15) is 0 Å². The van der Waals surface area contributed by atoms with Crippen LogP contribution in [0.1, 0.15) is 11.1 Å². The van der Waals surface area contributed by atoms with Crippen LogP contribution in [-0.2, 0) is 14.3 Å². The zero-order valence-electron chi connectivity index (χ0n) is 17.9. The van der Waals surface area contributed by atoms with Crippen molar-refractivity contribution < 1.29 is 19.1 Å². The number of amides is 2. The van der Waals surface area contributed by atoms with Crippen LogP contribution in [0.5, 0.6) is 5.75 Å². The molecule has 4 rings (SSSR count). The maximum absolute atomic E-state index is 13.3. The van der Waals surface area contributed by atoms with Crippen molar-refractivity contribution >= 4 is 23.1 Å². The van der Waals surface area contributed by atoms with Crippen molar-refractivity contribution in [1.82, 2.24) is 9.80 Å². The highest BCUT2D eigenvalue weighted by atomic mass is 16.5. The molecule has 0 radical (unpaired) electrons. The molecule has 2 aromatic carbocycles. The molecule has 0 bridgehead atoms. The number of anilines is 1. The van der Waals surface area contributed by atoms with E-state index < -0.39 is 0 Å². The van der Waals surface area contributed by atoms with Crippen molar-refractivity contribution in [3.05, 3.63) is 65.4 Å². The molecule has 2 aliphatic heterocycles. The van der Waals surface area contributed by atoms with E-state index in [2.05, 4.69) is 10.2 Å². The molecule has 7 heteroatoms. The summed E-state index contributed by atoms with van der Waals surface area (Å²) in [5.74, 6) is 0.155. The van der Waals surface area contributed by atoms with E-state index in [4.69, 9.17) is 9.47 Å². The second-order valence-corrected chi connectivity index (χ2v) is 7.69. The standard InChI is InChI=1S/C24H27N3O4/c1-17-3-5-18(6-4-17)21-22(25-19-7-9-20(30-2)10-8-19)24(29)27(23(21)28)12-11-26-13-15-31-16-14-26/h3-10,25H,11-16H2,1-2H3. The van der Waals surface area contributed by atoms with Crippen LogP contribution >= 0.6 is 0 Å². The van der Waals surface area contributed by atoms with Crippen LogP contribution in [0, 0.1) is 6.92 Å². The van der Waals surface area contributed by atoms with E-state index >= 15 is 0 Å². The number of hydrogen-bond acceptors (Lipinski definition) is 6. The van der Waals surface area contributed by atoms with E-state index in [0.717, 1.165) is 35.7 Å². The molecule has 0 unspecified atom stereocenters. The number of nitrogens with zero attached hydrogens (tertiary/aromatic N) is 2. The van der Waals surface area contributed by atoms with Crippen LogP contribution in [0.15, 0.2) is 54.2 Å². The van der Waals surface area contributed by atoms with Crippen LogP contribution in [0.4, 0.5) is 5.69 Å². The summed E-state index contributed by atoms with van der Waals surface area (Å²) in [6, 6.07) is 14.9.